The number of rotatable bonds is 6. The zero-order valence-corrected chi connectivity index (χ0v) is 16.9. The standard InChI is InChI=1S/C18H21N3O5S2/c1-27(23,24)20-17-7-3-2-6-16(17)18(22)19-14-8-10-15(11-9-14)28(25,26)21-12-4-5-13-21/h2-3,6-11,20H,4-5,12-13H2,1H3,(H,19,22). The van der Waals surface area contributed by atoms with E-state index in [4.69, 9.17) is 0 Å². The zero-order chi connectivity index (χ0) is 20.4. The first-order chi connectivity index (χ1) is 13.2. The van der Waals surface area contributed by atoms with Crippen LogP contribution in [0.2, 0.25) is 0 Å². The summed E-state index contributed by atoms with van der Waals surface area (Å²) in [6, 6.07) is 12.1. The van der Waals surface area contributed by atoms with Gasteiger partial charge in [0.1, 0.15) is 0 Å². The molecule has 1 aliphatic heterocycles. The number of carbonyl (C=O) groups is 1. The van der Waals surface area contributed by atoms with Gasteiger partial charge in [0.2, 0.25) is 20.0 Å². The molecule has 2 aromatic rings. The van der Waals surface area contributed by atoms with Crippen LogP contribution < -0.4 is 10.0 Å². The van der Waals surface area contributed by atoms with Crippen molar-refractivity contribution in [2.45, 2.75) is 17.7 Å². The van der Waals surface area contributed by atoms with Gasteiger partial charge in [-0.25, -0.2) is 16.8 Å². The van der Waals surface area contributed by atoms with Crippen LogP contribution in [0.1, 0.15) is 23.2 Å². The van der Waals surface area contributed by atoms with E-state index in [1.807, 2.05) is 0 Å². The summed E-state index contributed by atoms with van der Waals surface area (Å²) in [5, 5.41) is 2.65. The molecule has 1 heterocycles. The zero-order valence-electron chi connectivity index (χ0n) is 15.3. The first-order valence-electron chi connectivity index (χ1n) is 8.65. The summed E-state index contributed by atoms with van der Waals surface area (Å²) in [6.07, 6.45) is 2.71. The lowest BCUT2D eigenvalue weighted by molar-refractivity contribution is 0.102. The number of amides is 1. The molecule has 3 rings (SSSR count). The second-order valence-corrected chi connectivity index (χ2v) is 10.2. The lowest BCUT2D eigenvalue weighted by atomic mass is 10.1. The van der Waals surface area contributed by atoms with Crippen molar-refractivity contribution in [3.05, 3.63) is 54.1 Å². The fourth-order valence-electron chi connectivity index (χ4n) is 2.96. The Labute approximate surface area is 164 Å². The molecular weight excluding hydrogens is 402 g/mol. The molecule has 10 heteroatoms. The minimum atomic E-state index is -3.54. The summed E-state index contributed by atoms with van der Waals surface area (Å²) in [7, 11) is -7.06. The fraction of sp³-hybridized carbons (Fsp3) is 0.278. The second kappa shape index (κ2) is 7.90. The van der Waals surface area contributed by atoms with Crippen LogP contribution in [0.4, 0.5) is 11.4 Å². The number of para-hydroxylation sites is 1. The molecule has 0 radical (unpaired) electrons. The van der Waals surface area contributed by atoms with E-state index < -0.39 is 26.0 Å². The molecule has 0 bridgehead atoms. The van der Waals surface area contributed by atoms with Gasteiger partial charge in [-0.3, -0.25) is 9.52 Å². The number of hydrogen-bond acceptors (Lipinski definition) is 5. The molecule has 1 amide bonds. The highest BCUT2D eigenvalue weighted by Crippen LogP contribution is 2.23. The van der Waals surface area contributed by atoms with Gasteiger partial charge in [0.05, 0.1) is 22.4 Å². The SMILES string of the molecule is CS(=O)(=O)Nc1ccccc1C(=O)Nc1ccc(S(=O)(=O)N2CCCC2)cc1. The summed E-state index contributed by atoms with van der Waals surface area (Å²) >= 11 is 0. The van der Waals surface area contributed by atoms with Crippen molar-refractivity contribution >= 4 is 37.3 Å². The third-order valence-corrected chi connectivity index (χ3v) is 6.79. The number of hydrogen-bond donors (Lipinski definition) is 2. The molecule has 8 nitrogen and oxygen atoms in total. The van der Waals surface area contributed by atoms with Crippen molar-refractivity contribution in [1.29, 1.82) is 0 Å². The number of nitrogens with one attached hydrogen (secondary N) is 2. The molecule has 28 heavy (non-hydrogen) atoms. The van der Waals surface area contributed by atoms with E-state index in [-0.39, 0.29) is 16.1 Å². The van der Waals surface area contributed by atoms with Gasteiger partial charge in [-0.15, -0.1) is 0 Å². The molecule has 1 aliphatic rings. The van der Waals surface area contributed by atoms with Crippen LogP contribution in [0.25, 0.3) is 0 Å². The normalized spacial score (nSPS) is 15.3. The van der Waals surface area contributed by atoms with E-state index >= 15 is 0 Å². The molecule has 0 unspecified atom stereocenters. The highest BCUT2D eigenvalue weighted by molar-refractivity contribution is 7.92. The number of anilines is 2. The Balaban J connectivity index is 1.77. The van der Waals surface area contributed by atoms with Gasteiger partial charge in [-0.05, 0) is 49.2 Å². The van der Waals surface area contributed by atoms with E-state index in [0.717, 1.165) is 19.1 Å². The molecule has 0 aromatic heterocycles. The third-order valence-electron chi connectivity index (χ3n) is 4.28. The maximum absolute atomic E-state index is 12.5. The Bertz CT molecular complexity index is 1070. The summed E-state index contributed by atoms with van der Waals surface area (Å²) < 4.78 is 51.8. The molecule has 1 saturated heterocycles. The largest absolute Gasteiger partial charge is 0.322 e. The van der Waals surface area contributed by atoms with E-state index in [0.29, 0.717) is 18.8 Å². The molecule has 0 atom stereocenters. The van der Waals surface area contributed by atoms with Gasteiger partial charge in [0, 0.05) is 18.8 Å². The van der Waals surface area contributed by atoms with Crippen LogP contribution in [-0.2, 0) is 20.0 Å². The molecule has 0 spiro atoms. The number of sulfonamides is 2. The van der Waals surface area contributed by atoms with Crippen LogP contribution >= 0.6 is 0 Å². The number of benzene rings is 2. The topological polar surface area (TPSA) is 113 Å². The first kappa shape index (κ1) is 20.3. The van der Waals surface area contributed by atoms with Gasteiger partial charge in [-0.1, -0.05) is 12.1 Å². The van der Waals surface area contributed by atoms with Crippen LogP contribution in [0.15, 0.2) is 53.4 Å². The van der Waals surface area contributed by atoms with Crippen molar-refractivity contribution in [2.24, 2.45) is 0 Å². The Hall–Kier alpha value is -2.43. The maximum atomic E-state index is 12.5. The van der Waals surface area contributed by atoms with Gasteiger partial charge in [0.25, 0.3) is 5.91 Å². The monoisotopic (exact) mass is 423 g/mol. The van der Waals surface area contributed by atoms with Crippen molar-refractivity contribution in [3.63, 3.8) is 0 Å². The van der Waals surface area contributed by atoms with Crippen LogP contribution in [0.3, 0.4) is 0 Å². The fourth-order valence-corrected chi connectivity index (χ4v) is 5.05. The van der Waals surface area contributed by atoms with Crippen LogP contribution in [0.5, 0.6) is 0 Å². The quantitative estimate of drug-likeness (QED) is 0.739. The molecule has 0 aliphatic carbocycles. The Morgan fingerprint density at radius 1 is 0.929 bits per heavy atom. The Kier molecular flexibility index (Phi) is 5.73. The van der Waals surface area contributed by atoms with Crippen molar-refractivity contribution in [1.82, 2.24) is 4.31 Å². The number of carbonyl (C=O) groups excluding carboxylic acids is 1. The Morgan fingerprint density at radius 3 is 2.14 bits per heavy atom. The van der Waals surface area contributed by atoms with Crippen molar-refractivity contribution in [2.75, 3.05) is 29.4 Å². The third kappa shape index (κ3) is 4.70. The van der Waals surface area contributed by atoms with E-state index in [1.165, 1.54) is 40.7 Å². The van der Waals surface area contributed by atoms with Gasteiger partial charge < -0.3 is 5.32 Å². The highest BCUT2D eigenvalue weighted by Gasteiger charge is 2.27. The molecular formula is C18H21N3O5S2. The van der Waals surface area contributed by atoms with Crippen molar-refractivity contribution < 1.29 is 21.6 Å². The molecule has 2 N–H and O–H groups in total. The minimum Gasteiger partial charge on any atom is -0.322 e. The molecule has 0 saturated carbocycles. The lowest BCUT2D eigenvalue weighted by Crippen LogP contribution is -2.27. The second-order valence-electron chi connectivity index (χ2n) is 6.51. The molecule has 150 valence electrons. The summed E-state index contributed by atoms with van der Waals surface area (Å²) in [5.74, 6) is -0.512. The van der Waals surface area contributed by atoms with E-state index in [1.54, 1.807) is 12.1 Å². The lowest BCUT2D eigenvalue weighted by Gasteiger charge is -2.16. The maximum Gasteiger partial charge on any atom is 0.257 e. The summed E-state index contributed by atoms with van der Waals surface area (Å²) in [4.78, 5) is 12.7. The first-order valence-corrected chi connectivity index (χ1v) is 12.0. The summed E-state index contributed by atoms with van der Waals surface area (Å²) in [5.41, 5.74) is 0.719. The molecule has 1 fully saturated rings. The average molecular weight is 424 g/mol. The smallest absolute Gasteiger partial charge is 0.257 e. The number of nitrogens with zero attached hydrogens (tertiary/aromatic N) is 1. The van der Waals surface area contributed by atoms with E-state index in [2.05, 4.69) is 10.0 Å². The minimum absolute atomic E-state index is 0.154. The predicted octanol–water partition coefficient (Wildman–Crippen LogP) is 2.09. The van der Waals surface area contributed by atoms with Crippen LogP contribution in [-0.4, -0.2) is 46.4 Å². The van der Waals surface area contributed by atoms with Gasteiger partial charge in [0.15, 0.2) is 0 Å². The predicted molar refractivity (Wildman–Crippen MR) is 107 cm³/mol. The van der Waals surface area contributed by atoms with E-state index in [9.17, 15) is 21.6 Å². The molecule has 2 aromatic carbocycles. The van der Waals surface area contributed by atoms with Gasteiger partial charge >= 0.3 is 0 Å². The summed E-state index contributed by atoms with van der Waals surface area (Å²) in [6.45, 7) is 1.04. The van der Waals surface area contributed by atoms with Gasteiger partial charge in [-0.2, -0.15) is 4.31 Å². The van der Waals surface area contributed by atoms with Crippen molar-refractivity contribution in [3.8, 4) is 0 Å². The Morgan fingerprint density at radius 2 is 1.54 bits per heavy atom. The van der Waals surface area contributed by atoms with Crippen LogP contribution in [0, 0.1) is 0 Å². The average Bonchev–Trinajstić information content (AvgIpc) is 3.17. The highest BCUT2D eigenvalue weighted by atomic mass is 32.2.